The lowest BCUT2D eigenvalue weighted by molar-refractivity contribution is 0.270. The Balaban J connectivity index is 1.58. The first-order valence-corrected chi connectivity index (χ1v) is 8.50. The van der Waals surface area contributed by atoms with Crippen LogP contribution in [0.3, 0.4) is 0 Å². The molecule has 2 aromatic carbocycles. The fraction of sp³-hybridized carbons (Fsp3) is 0.368. The maximum absolute atomic E-state index is 3.76. The summed E-state index contributed by atoms with van der Waals surface area (Å²) < 4.78 is 1.19. The van der Waals surface area contributed by atoms with E-state index in [1.54, 1.807) is 0 Å². The molecule has 0 aliphatic heterocycles. The molecular weight excluding hydrogens is 322 g/mol. The van der Waals surface area contributed by atoms with Crippen LogP contribution in [-0.2, 0) is 0 Å². The third kappa shape index (κ3) is 3.22. The van der Waals surface area contributed by atoms with Gasteiger partial charge in [-0.1, -0.05) is 58.4 Å². The van der Waals surface area contributed by atoms with Crippen molar-refractivity contribution in [2.75, 3.05) is 0 Å². The van der Waals surface area contributed by atoms with Crippen LogP contribution in [0.1, 0.15) is 48.4 Å². The lowest BCUT2D eigenvalue weighted by atomic mass is 9.74. The minimum Gasteiger partial charge on any atom is -0.307 e. The standard InChI is InChI=1S/C19H22BrN/c1-13-7-3-4-8-17(13)15-11-16(12-15)21-14(2)18-9-5-6-10-19(18)20/h3-10,14-16,21H,11-12H2,1-2H3/t14-,15?,16?/m0/s1. The van der Waals surface area contributed by atoms with E-state index in [9.17, 15) is 0 Å². The van der Waals surface area contributed by atoms with E-state index in [1.165, 1.54) is 34.0 Å². The Kier molecular flexibility index (Phi) is 4.46. The van der Waals surface area contributed by atoms with Crippen molar-refractivity contribution in [2.45, 2.75) is 44.7 Å². The van der Waals surface area contributed by atoms with Crippen molar-refractivity contribution < 1.29 is 0 Å². The Labute approximate surface area is 135 Å². The molecule has 0 saturated heterocycles. The molecule has 1 saturated carbocycles. The molecule has 110 valence electrons. The van der Waals surface area contributed by atoms with E-state index in [1.807, 2.05) is 0 Å². The highest BCUT2D eigenvalue weighted by Gasteiger charge is 2.31. The van der Waals surface area contributed by atoms with Gasteiger partial charge >= 0.3 is 0 Å². The van der Waals surface area contributed by atoms with Crippen LogP contribution in [0.15, 0.2) is 53.0 Å². The molecule has 1 nitrogen and oxygen atoms in total. The van der Waals surface area contributed by atoms with Crippen molar-refractivity contribution in [3.8, 4) is 0 Å². The van der Waals surface area contributed by atoms with Gasteiger partial charge in [0.05, 0.1) is 0 Å². The van der Waals surface area contributed by atoms with Crippen LogP contribution in [0.25, 0.3) is 0 Å². The van der Waals surface area contributed by atoms with Crippen LogP contribution in [0.5, 0.6) is 0 Å². The van der Waals surface area contributed by atoms with E-state index in [4.69, 9.17) is 0 Å². The molecule has 2 heteroatoms. The number of hydrogen-bond acceptors (Lipinski definition) is 1. The van der Waals surface area contributed by atoms with Crippen molar-refractivity contribution in [1.29, 1.82) is 0 Å². The molecule has 1 aliphatic rings. The van der Waals surface area contributed by atoms with E-state index < -0.39 is 0 Å². The van der Waals surface area contributed by atoms with Gasteiger partial charge in [-0.05, 0) is 55.4 Å². The maximum atomic E-state index is 3.76. The maximum Gasteiger partial charge on any atom is 0.0305 e. The second-order valence-corrected chi connectivity index (χ2v) is 6.99. The van der Waals surface area contributed by atoms with Gasteiger partial charge in [0.15, 0.2) is 0 Å². The first-order chi connectivity index (χ1) is 10.1. The van der Waals surface area contributed by atoms with Gasteiger partial charge in [0, 0.05) is 16.6 Å². The van der Waals surface area contributed by atoms with Crippen LogP contribution < -0.4 is 5.32 Å². The summed E-state index contributed by atoms with van der Waals surface area (Å²) in [6, 6.07) is 18.3. The number of nitrogens with one attached hydrogen (secondary N) is 1. The molecule has 1 fully saturated rings. The number of hydrogen-bond donors (Lipinski definition) is 1. The summed E-state index contributed by atoms with van der Waals surface area (Å²) in [5.41, 5.74) is 4.31. The van der Waals surface area contributed by atoms with Crippen LogP contribution >= 0.6 is 15.9 Å². The van der Waals surface area contributed by atoms with E-state index >= 15 is 0 Å². The molecule has 1 aliphatic carbocycles. The van der Waals surface area contributed by atoms with Gasteiger partial charge in [-0.3, -0.25) is 0 Å². The molecule has 0 amide bonds. The summed E-state index contributed by atoms with van der Waals surface area (Å²) in [5, 5.41) is 3.76. The number of benzene rings is 2. The third-order valence-corrected chi connectivity index (χ3v) is 5.35. The summed E-state index contributed by atoms with van der Waals surface area (Å²) >= 11 is 3.64. The second-order valence-electron chi connectivity index (χ2n) is 6.13. The predicted octanol–water partition coefficient (Wildman–Crippen LogP) is 5.35. The highest BCUT2D eigenvalue weighted by atomic mass is 79.9. The SMILES string of the molecule is Cc1ccccc1C1CC(N[C@@H](C)c2ccccc2Br)C1. The quantitative estimate of drug-likeness (QED) is 0.788. The van der Waals surface area contributed by atoms with Crippen molar-refractivity contribution in [1.82, 2.24) is 5.32 Å². The number of aryl methyl sites for hydroxylation is 1. The van der Waals surface area contributed by atoms with E-state index in [-0.39, 0.29) is 0 Å². The zero-order valence-electron chi connectivity index (χ0n) is 12.6. The number of rotatable bonds is 4. The summed E-state index contributed by atoms with van der Waals surface area (Å²) in [4.78, 5) is 0. The van der Waals surface area contributed by atoms with Crippen LogP contribution in [0, 0.1) is 6.92 Å². The summed E-state index contributed by atoms with van der Waals surface area (Å²) in [6.07, 6.45) is 2.50. The third-order valence-electron chi connectivity index (χ3n) is 4.62. The van der Waals surface area contributed by atoms with Crippen molar-refractivity contribution in [3.05, 3.63) is 69.7 Å². The Morgan fingerprint density at radius 3 is 2.43 bits per heavy atom. The van der Waals surface area contributed by atoms with Crippen LogP contribution in [0.4, 0.5) is 0 Å². The monoisotopic (exact) mass is 343 g/mol. The van der Waals surface area contributed by atoms with Gasteiger partial charge in [-0.2, -0.15) is 0 Å². The molecule has 1 atom stereocenters. The molecular formula is C19H22BrN. The molecule has 0 heterocycles. The first kappa shape index (κ1) is 14.8. The molecule has 0 bridgehead atoms. The van der Waals surface area contributed by atoms with Crippen molar-refractivity contribution in [3.63, 3.8) is 0 Å². The van der Waals surface area contributed by atoms with Crippen molar-refractivity contribution >= 4 is 15.9 Å². The van der Waals surface area contributed by atoms with Gasteiger partial charge in [0.2, 0.25) is 0 Å². The Bertz CT molecular complexity index is 616. The van der Waals surface area contributed by atoms with Gasteiger partial charge in [-0.15, -0.1) is 0 Å². The van der Waals surface area contributed by atoms with E-state index in [0.29, 0.717) is 12.1 Å². The first-order valence-electron chi connectivity index (χ1n) is 7.71. The minimum absolute atomic E-state index is 0.392. The molecule has 0 unspecified atom stereocenters. The van der Waals surface area contributed by atoms with Gasteiger partial charge in [0.25, 0.3) is 0 Å². The predicted molar refractivity (Wildman–Crippen MR) is 92.6 cm³/mol. The minimum atomic E-state index is 0.392. The molecule has 21 heavy (non-hydrogen) atoms. The zero-order chi connectivity index (χ0) is 14.8. The fourth-order valence-corrected chi connectivity index (χ4v) is 3.95. The Hall–Kier alpha value is -1.12. The normalized spacial score (nSPS) is 22.6. The zero-order valence-corrected chi connectivity index (χ0v) is 14.2. The highest BCUT2D eigenvalue weighted by Crippen LogP contribution is 2.39. The van der Waals surface area contributed by atoms with Gasteiger partial charge in [-0.25, -0.2) is 0 Å². The fourth-order valence-electron chi connectivity index (χ4n) is 3.32. The summed E-state index contributed by atoms with van der Waals surface area (Å²) in [5.74, 6) is 0.732. The molecule has 1 N–H and O–H groups in total. The van der Waals surface area contributed by atoms with Gasteiger partial charge < -0.3 is 5.32 Å². The second kappa shape index (κ2) is 6.33. The molecule has 0 spiro atoms. The lowest BCUT2D eigenvalue weighted by Gasteiger charge is -2.39. The average Bonchev–Trinajstić information content (AvgIpc) is 2.44. The Morgan fingerprint density at radius 2 is 1.71 bits per heavy atom. The summed E-state index contributed by atoms with van der Waals surface area (Å²) in [6.45, 7) is 4.47. The number of halogens is 1. The van der Waals surface area contributed by atoms with Crippen LogP contribution in [-0.4, -0.2) is 6.04 Å². The molecule has 3 rings (SSSR count). The van der Waals surface area contributed by atoms with E-state index in [2.05, 4.69) is 83.6 Å². The molecule has 0 radical (unpaired) electrons. The topological polar surface area (TPSA) is 12.0 Å². The van der Waals surface area contributed by atoms with Crippen molar-refractivity contribution in [2.24, 2.45) is 0 Å². The average molecular weight is 344 g/mol. The molecule has 0 aromatic heterocycles. The lowest BCUT2D eigenvalue weighted by Crippen LogP contribution is -2.41. The Morgan fingerprint density at radius 1 is 1.05 bits per heavy atom. The summed E-state index contributed by atoms with van der Waals surface area (Å²) in [7, 11) is 0. The molecule has 2 aromatic rings. The van der Waals surface area contributed by atoms with Gasteiger partial charge in [0.1, 0.15) is 0 Å². The highest BCUT2D eigenvalue weighted by molar-refractivity contribution is 9.10. The van der Waals surface area contributed by atoms with Crippen LogP contribution in [0.2, 0.25) is 0 Å². The largest absolute Gasteiger partial charge is 0.307 e. The van der Waals surface area contributed by atoms with E-state index in [0.717, 1.165) is 5.92 Å². The smallest absolute Gasteiger partial charge is 0.0305 e.